The number of hydrogen-bond donors (Lipinski definition) is 2. The van der Waals surface area contributed by atoms with Crippen LogP contribution in [0.15, 0.2) is 59.1 Å². The Morgan fingerprint density at radius 2 is 1.91 bits per heavy atom. The second kappa shape index (κ2) is 6.23. The summed E-state index contributed by atoms with van der Waals surface area (Å²) in [6.45, 7) is -0.161. The van der Waals surface area contributed by atoms with Crippen LogP contribution in [0.2, 0.25) is 0 Å². The van der Waals surface area contributed by atoms with Crippen molar-refractivity contribution in [3.63, 3.8) is 0 Å². The van der Waals surface area contributed by atoms with Gasteiger partial charge in [0, 0.05) is 11.6 Å². The Morgan fingerprint density at radius 1 is 1.13 bits per heavy atom. The van der Waals surface area contributed by atoms with E-state index in [1.165, 1.54) is 12.1 Å². The highest BCUT2D eigenvalue weighted by molar-refractivity contribution is 5.92. The number of phenols is 2. The number of aromatic nitrogens is 1. The zero-order valence-electron chi connectivity index (χ0n) is 12.0. The molecule has 1 heterocycles. The van der Waals surface area contributed by atoms with E-state index >= 15 is 0 Å². The number of ether oxygens (including phenoxy) is 1. The van der Waals surface area contributed by atoms with Crippen LogP contribution >= 0.6 is 0 Å². The third-order valence-corrected chi connectivity index (χ3v) is 3.14. The summed E-state index contributed by atoms with van der Waals surface area (Å²) >= 11 is 0. The molecule has 2 N–H and O–H groups in total. The van der Waals surface area contributed by atoms with Crippen LogP contribution in [0.5, 0.6) is 11.5 Å². The quantitative estimate of drug-likeness (QED) is 0.719. The highest BCUT2D eigenvalue weighted by Gasteiger charge is 2.15. The van der Waals surface area contributed by atoms with Crippen molar-refractivity contribution in [2.24, 2.45) is 0 Å². The molecule has 0 saturated heterocycles. The topological polar surface area (TPSA) is 92.8 Å². The predicted octanol–water partition coefficient (Wildman–Crippen LogP) is 3.11. The summed E-state index contributed by atoms with van der Waals surface area (Å²) in [7, 11) is 0. The molecule has 23 heavy (non-hydrogen) atoms. The highest BCUT2D eigenvalue weighted by Crippen LogP contribution is 2.24. The van der Waals surface area contributed by atoms with Crippen LogP contribution in [0.4, 0.5) is 0 Å². The Morgan fingerprint density at radius 3 is 2.65 bits per heavy atom. The van der Waals surface area contributed by atoms with Crippen molar-refractivity contribution in [2.75, 3.05) is 0 Å². The molecule has 0 aliphatic carbocycles. The fourth-order valence-electron chi connectivity index (χ4n) is 2.01. The number of oxazole rings is 1. The molecule has 2 aromatic carbocycles. The smallest absolute Gasteiger partial charge is 0.342 e. The first-order valence-corrected chi connectivity index (χ1v) is 6.83. The van der Waals surface area contributed by atoms with Gasteiger partial charge in [0.1, 0.15) is 17.1 Å². The maximum atomic E-state index is 11.9. The maximum Gasteiger partial charge on any atom is 0.342 e. The summed E-state index contributed by atoms with van der Waals surface area (Å²) in [5, 5.41) is 18.8. The van der Waals surface area contributed by atoms with Gasteiger partial charge in [-0.25, -0.2) is 9.78 Å². The molecular weight excluding hydrogens is 298 g/mol. The first-order valence-electron chi connectivity index (χ1n) is 6.83. The summed E-state index contributed by atoms with van der Waals surface area (Å²) in [6, 6.07) is 13.0. The van der Waals surface area contributed by atoms with Gasteiger partial charge in [0.25, 0.3) is 0 Å². The number of rotatable bonds is 4. The van der Waals surface area contributed by atoms with Crippen molar-refractivity contribution < 1.29 is 24.2 Å². The molecule has 0 spiro atoms. The minimum Gasteiger partial charge on any atom is -0.508 e. The number of hydrogen-bond acceptors (Lipinski definition) is 6. The molecule has 3 rings (SSSR count). The molecule has 116 valence electrons. The summed E-state index contributed by atoms with van der Waals surface area (Å²) in [5.74, 6) is -0.409. The normalized spacial score (nSPS) is 10.4. The minimum atomic E-state index is -0.734. The van der Waals surface area contributed by atoms with Gasteiger partial charge in [-0.1, -0.05) is 30.3 Å². The largest absolute Gasteiger partial charge is 0.508 e. The van der Waals surface area contributed by atoms with E-state index in [-0.39, 0.29) is 29.6 Å². The van der Waals surface area contributed by atoms with Gasteiger partial charge in [0.2, 0.25) is 5.89 Å². The van der Waals surface area contributed by atoms with Crippen molar-refractivity contribution in [3.8, 4) is 22.8 Å². The van der Waals surface area contributed by atoms with Crippen molar-refractivity contribution in [1.29, 1.82) is 0 Å². The average molecular weight is 311 g/mol. The zero-order valence-corrected chi connectivity index (χ0v) is 12.0. The maximum absolute atomic E-state index is 11.9. The SMILES string of the molecule is O=C(OCc1ncc(-c2ccccc2)o1)c1ccc(O)cc1O. The molecule has 3 aromatic rings. The van der Waals surface area contributed by atoms with Gasteiger partial charge in [-0.15, -0.1) is 0 Å². The number of nitrogens with zero attached hydrogens (tertiary/aromatic N) is 1. The van der Waals surface area contributed by atoms with Crippen molar-refractivity contribution >= 4 is 5.97 Å². The van der Waals surface area contributed by atoms with Crippen LogP contribution < -0.4 is 0 Å². The van der Waals surface area contributed by atoms with E-state index in [0.717, 1.165) is 11.6 Å². The van der Waals surface area contributed by atoms with Gasteiger partial charge < -0.3 is 19.4 Å². The number of benzene rings is 2. The van der Waals surface area contributed by atoms with Crippen molar-refractivity contribution in [2.45, 2.75) is 6.61 Å². The van der Waals surface area contributed by atoms with Crippen LogP contribution in [0.25, 0.3) is 11.3 Å². The van der Waals surface area contributed by atoms with Crippen LogP contribution in [-0.2, 0) is 11.3 Å². The molecule has 0 fully saturated rings. The van der Waals surface area contributed by atoms with Gasteiger partial charge in [-0.3, -0.25) is 0 Å². The fourth-order valence-corrected chi connectivity index (χ4v) is 2.01. The molecule has 6 heteroatoms. The number of phenolic OH excluding ortho intramolecular Hbond substituents is 2. The molecule has 6 nitrogen and oxygen atoms in total. The third-order valence-electron chi connectivity index (χ3n) is 3.14. The Labute approximate surface area is 131 Å². The van der Waals surface area contributed by atoms with E-state index in [4.69, 9.17) is 9.15 Å². The lowest BCUT2D eigenvalue weighted by molar-refractivity contribution is 0.0435. The summed E-state index contributed by atoms with van der Waals surface area (Å²) in [4.78, 5) is 15.9. The van der Waals surface area contributed by atoms with Gasteiger partial charge in [-0.2, -0.15) is 0 Å². The van der Waals surface area contributed by atoms with E-state index in [1.807, 2.05) is 30.3 Å². The van der Waals surface area contributed by atoms with E-state index in [9.17, 15) is 15.0 Å². The predicted molar refractivity (Wildman–Crippen MR) is 80.8 cm³/mol. The van der Waals surface area contributed by atoms with E-state index < -0.39 is 5.97 Å². The van der Waals surface area contributed by atoms with Crippen LogP contribution in [0.3, 0.4) is 0 Å². The van der Waals surface area contributed by atoms with Crippen LogP contribution in [0, 0.1) is 0 Å². The first kappa shape index (κ1) is 14.6. The summed E-state index contributed by atoms with van der Waals surface area (Å²) < 4.78 is 10.6. The molecule has 0 radical (unpaired) electrons. The summed E-state index contributed by atoms with van der Waals surface area (Å²) in [6.07, 6.45) is 1.55. The van der Waals surface area contributed by atoms with E-state index in [2.05, 4.69) is 4.98 Å². The Kier molecular flexibility index (Phi) is 3.97. The fraction of sp³-hybridized carbons (Fsp3) is 0.0588. The highest BCUT2D eigenvalue weighted by atomic mass is 16.5. The van der Waals surface area contributed by atoms with E-state index in [1.54, 1.807) is 6.20 Å². The Balaban J connectivity index is 1.67. The lowest BCUT2D eigenvalue weighted by atomic mass is 10.2. The molecule has 0 aliphatic heterocycles. The van der Waals surface area contributed by atoms with E-state index in [0.29, 0.717) is 5.76 Å². The molecule has 0 atom stereocenters. The van der Waals surface area contributed by atoms with Crippen molar-refractivity contribution in [1.82, 2.24) is 4.98 Å². The number of aromatic hydroxyl groups is 2. The average Bonchev–Trinajstić information content (AvgIpc) is 3.02. The standard InChI is InChI=1S/C17H13NO5/c19-12-6-7-13(14(20)8-12)17(21)22-10-16-18-9-15(23-16)11-4-2-1-3-5-11/h1-9,19-20H,10H2. The lowest BCUT2D eigenvalue weighted by Crippen LogP contribution is -2.05. The second-order valence-corrected chi connectivity index (χ2v) is 4.76. The van der Waals surface area contributed by atoms with Crippen LogP contribution in [0.1, 0.15) is 16.2 Å². The monoisotopic (exact) mass is 311 g/mol. The second-order valence-electron chi connectivity index (χ2n) is 4.76. The number of carbonyl (C=O) groups is 1. The number of esters is 1. The molecule has 0 aliphatic rings. The van der Waals surface area contributed by atoms with Gasteiger partial charge in [-0.05, 0) is 12.1 Å². The molecule has 0 bridgehead atoms. The molecule has 0 saturated carbocycles. The Hall–Kier alpha value is -3.28. The van der Waals surface area contributed by atoms with Crippen LogP contribution in [-0.4, -0.2) is 21.2 Å². The van der Waals surface area contributed by atoms with Gasteiger partial charge >= 0.3 is 5.97 Å². The Bertz CT molecular complexity index is 826. The first-order chi connectivity index (χ1) is 11.1. The molecule has 0 unspecified atom stereocenters. The zero-order chi connectivity index (χ0) is 16.2. The van der Waals surface area contributed by atoms with Gasteiger partial charge in [0.05, 0.1) is 6.20 Å². The lowest BCUT2D eigenvalue weighted by Gasteiger charge is -2.04. The molecule has 0 amide bonds. The third kappa shape index (κ3) is 3.32. The number of carbonyl (C=O) groups excluding carboxylic acids is 1. The summed E-state index contributed by atoms with van der Waals surface area (Å²) in [5.41, 5.74) is 0.825. The minimum absolute atomic E-state index is 0.0439. The van der Waals surface area contributed by atoms with Gasteiger partial charge in [0.15, 0.2) is 12.4 Å². The molecule has 1 aromatic heterocycles. The molecular formula is C17H13NO5. The van der Waals surface area contributed by atoms with Crippen molar-refractivity contribution in [3.05, 3.63) is 66.2 Å².